The lowest BCUT2D eigenvalue weighted by molar-refractivity contribution is -0.389. The first-order chi connectivity index (χ1) is 19.2. The van der Waals surface area contributed by atoms with Crippen LogP contribution >= 0.6 is 0 Å². The number of fused-ring (bicyclic) bond motifs is 3. The first-order valence-electron chi connectivity index (χ1n) is 13.1. The van der Waals surface area contributed by atoms with Gasteiger partial charge in [-0.2, -0.15) is 0 Å². The Hall–Kier alpha value is -4.01. The SMILES string of the molecule is O=[N+]([O-])c1cn2c(n1)OC[C@@H](NCN1C=CC(N3C4CCC3CC(Oc3ccc(OC(F)(F)F)cc3)C4)=NC1)C2. The number of ether oxygens (including phenoxy) is 3. The minimum absolute atomic E-state index is 0.0211. The third-order valence-corrected chi connectivity index (χ3v) is 7.49. The highest BCUT2D eigenvalue weighted by atomic mass is 19.4. The van der Waals surface area contributed by atoms with Crippen molar-refractivity contribution in [1.29, 1.82) is 0 Å². The zero-order valence-corrected chi connectivity index (χ0v) is 21.4. The minimum Gasteiger partial charge on any atom is -0.490 e. The highest BCUT2D eigenvalue weighted by molar-refractivity contribution is 5.94. The molecule has 0 aliphatic carbocycles. The molecule has 0 spiro atoms. The van der Waals surface area contributed by atoms with Crippen molar-refractivity contribution in [3.05, 3.63) is 52.9 Å². The van der Waals surface area contributed by atoms with Gasteiger partial charge in [0.05, 0.1) is 12.7 Å². The topological polar surface area (TPSA) is 120 Å². The largest absolute Gasteiger partial charge is 0.573 e. The van der Waals surface area contributed by atoms with Crippen LogP contribution in [-0.2, 0) is 6.54 Å². The Bertz CT molecular complexity index is 1280. The van der Waals surface area contributed by atoms with Crippen LogP contribution in [0.3, 0.4) is 0 Å². The summed E-state index contributed by atoms with van der Waals surface area (Å²) in [7, 11) is 0. The highest BCUT2D eigenvalue weighted by Crippen LogP contribution is 2.38. The van der Waals surface area contributed by atoms with Gasteiger partial charge in [-0.3, -0.25) is 9.88 Å². The minimum atomic E-state index is -4.72. The first-order valence-corrected chi connectivity index (χ1v) is 13.1. The number of alkyl halides is 3. The molecule has 0 radical (unpaired) electrons. The lowest BCUT2D eigenvalue weighted by Gasteiger charge is -2.41. The highest BCUT2D eigenvalue weighted by Gasteiger charge is 2.43. The number of aliphatic imine (C=N–C) groups is 1. The zero-order valence-electron chi connectivity index (χ0n) is 21.4. The Morgan fingerprint density at radius 1 is 1.15 bits per heavy atom. The van der Waals surface area contributed by atoms with Crippen molar-refractivity contribution in [2.75, 3.05) is 19.9 Å². The third kappa shape index (κ3) is 5.78. The standard InChI is InChI=1S/C25H28F3N7O5/c26-25(27,28)40-20-5-3-19(4-6-20)39-21-9-17-1-2-18(10-21)34(17)22-7-8-32(15-30-22)14-29-16-11-33-12-23(35(36)37)31-24(33)38-13-16/h3-8,12,16-18,21,29H,1-2,9-11,13-15H2/t16-,17?,18?,21?/m0/s1. The Labute approximate surface area is 227 Å². The van der Waals surface area contributed by atoms with E-state index in [0.29, 0.717) is 32.2 Å². The normalized spacial score (nSPS) is 25.7. The molecule has 2 unspecified atom stereocenters. The van der Waals surface area contributed by atoms with E-state index in [-0.39, 0.29) is 41.8 Å². The molecule has 15 heteroatoms. The molecule has 214 valence electrons. The molecule has 2 aromatic rings. The van der Waals surface area contributed by atoms with Crippen LogP contribution < -0.4 is 19.5 Å². The summed E-state index contributed by atoms with van der Waals surface area (Å²) in [6.45, 7) is 1.93. The van der Waals surface area contributed by atoms with Crippen LogP contribution in [0.15, 0.2) is 47.7 Å². The van der Waals surface area contributed by atoms with Gasteiger partial charge in [-0.05, 0) is 48.1 Å². The monoisotopic (exact) mass is 563 g/mol. The third-order valence-electron chi connectivity index (χ3n) is 7.49. The molecule has 1 N–H and O–H groups in total. The molecule has 2 fully saturated rings. The molecule has 0 amide bonds. The second-order valence-corrected chi connectivity index (χ2v) is 10.2. The van der Waals surface area contributed by atoms with Crippen LogP contribution in [0.5, 0.6) is 17.5 Å². The van der Waals surface area contributed by atoms with E-state index >= 15 is 0 Å². The van der Waals surface area contributed by atoms with Crippen molar-refractivity contribution in [2.45, 2.75) is 62.8 Å². The second kappa shape index (κ2) is 10.5. The maximum absolute atomic E-state index is 12.4. The first kappa shape index (κ1) is 26.2. The summed E-state index contributed by atoms with van der Waals surface area (Å²) in [6, 6.07) is 6.34. The van der Waals surface area contributed by atoms with Gasteiger partial charge in [0.15, 0.2) is 0 Å². The van der Waals surface area contributed by atoms with Crippen molar-refractivity contribution in [3.8, 4) is 17.5 Å². The maximum atomic E-state index is 12.4. The van der Waals surface area contributed by atoms with Crippen LogP contribution in [-0.4, -0.2) is 80.6 Å². The molecule has 3 atom stereocenters. The fourth-order valence-corrected chi connectivity index (χ4v) is 5.77. The fraction of sp³-hybridized carbons (Fsp3) is 0.520. The van der Waals surface area contributed by atoms with Crippen LogP contribution in [0.1, 0.15) is 25.7 Å². The molecule has 40 heavy (non-hydrogen) atoms. The van der Waals surface area contributed by atoms with Crippen LogP contribution in [0.25, 0.3) is 0 Å². The zero-order chi connectivity index (χ0) is 27.9. The molecule has 12 nitrogen and oxygen atoms in total. The predicted octanol–water partition coefficient (Wildman–Crippen LogP) is 3.26. The molecule has 1 aromatic heterocycles. The van der Waals surface area contributed by atoms with E-state index in [1.807, 2.05) is 17.2 Å². The number of aromatic nitrogens is 2. The lowest BCUT2D eigenvalue weighted by Crippen LogP contribution is -2.50. The Balaban J connectivity index is 0.976. The van der Waals surface area contributed by atoms with Crippen LogP contribution in [0.2, 0.25) is 0 Å². The summed E-state index contributed by atoms with van der Waals surface area (Å²) >= 11 is 0. The number of nitro groups is 1. The van der Waals surface area contributed by atoms with Gasteiger partial charge >= 0.3 is 18.2 Å². The number of halogens is 3. The van der Waals surface area contributed by atoms with Crippen molar-refractivity contribution in [3.63, 3.8) is 0 Å². The predicted molar refractivity (Wildman–Crippen MR) is 135 cm³/mol. The molecule has 2 saturated heterocycles. The fourth-order valence-electron chi connectivity index (χ4n) is 5.77. The smallest absolute Gasteiger partial charge is 0.490 e. The summed E-state index contributed by atoms with van der Waals surface area (Å²) in [5, 5.41) is 14.3. The summed E-state index contributed by atoms with van der Waals surface area (Å²) < 4.78 is 54.4. The molecule has 4 aliphatic heterocycles. The number of hydrogen-bond donors (Lipinski definition) is 1. The van der Waals surface area contributed by atoms with Gasteiger partial charge in [0.25, 0.3) is 0 Å². The van der Waals surface area contributed by atoms with Gasteiger partial charge in [0.1, 0.15) is 42.9 Å². The van der Waals surface area contributed by atoms with Gasteiger partial charge < -0.3 is 34.1 Å². The number of nitrogens with zero attached hydrogens (tertiary/aromatic N) is 6. The van der Waals surface area contributed by atoms with E-state index in [4.69, 9.17) is 14.5 Å². The average Bonchev–Trinajstić information content (AvgIpc) is 3.46. The molecule has 5 heterocycles. The molecule has 1 aromatic carbocycles. The maximum Gasteiger partial charge on any atom is 0.573 e. The summed E-state index contributed by atoms with van der Waals surface area (Å²) in [5.74, 6) is 0.977. The van der Waals surface area contributed by atoms with Crippen molar-refractivity contribution < 1.29 is 32.3 Å². The van der Waals surface area contributed by atoms with Gasteiger partial charge in [-0.25, -0.2) is 4.99 Å². The molecular formula is C25H28F3N7O5. The number of imidazole rings is 1. The van der Waals surface area contributed by atoms with Gasteiger partial charge in [-0.1, -0.05) is 0 Å². The summed E-state index contributed by atoms with van der Waals surface area (Å²) in [4.78, 5) is 23.5. The lowest BCUT2D eigenvalue weighted by atomic mass is 9.99. The van der Waals surface area contributed by atoms with E-state index in [9.17, 15) is 23.3 Å². The molecule has 6 rings (SSSR count). The number of piperidine rings is 1. The van der Waals surface area contributed by atoms with E-state index in [2.05, 4.69) is 19.9 Å². The quantitative estimate of drug-likeness (QED) is 0.400. The van der Waals surface area contributed by atoms with Crippen molar-refractivity contribution in [2.24, 2.45) is 4.99 Å². The number of hydrogen-bond acceptors (Lipinski definition) is 10. The van der Waals surface area contributed by atoms with Crippen molar-refractivity contribution in [1.82, 2.24) is 24.7 Å². The average molecular weight is 564 g/mol. The Kier molecular flexibility index (Phi) is 6.90. The number of nitrogens with one attached hydrogen (secondary N) is 1. The summed E-state index contributed by atoms with van der Waals surface area (Å²) in [6.07, 6.45) is 4.37. The number of benzene rings is 1. The van der Waals surface area contributed by atoms with E-state index in [0.717, 1.165) is 31.5 Å². The van der Waals surface area contributed by atoms with E-state index in [1.54, 1.807) is 4.57 Å². The van der Waals surface area contributed by atoms with Crippen LogP contribution in [0, 0.1) is 10.1 Å². The Morgan fingerprint density at radius 3 is 2.52 bits per heavy atom. The van der Waals surface area contributed by atoms with Crippen molar-refractivity contribution >= 4 is 11.7 Å². The number of amidine groups is 1. The van der Waals surface area contributed by atoms with E-state index in [1.165, 1.54) is 30.5 Å². The van der Waals surface area contributed by atoms with E-state index < -0.39 is 11.3 Å². The number of rotatable bonds is 7. The van der Waals surface area contributed by atoms with Crippen LogP contribution in [0.4, 0.5) is 19.0 Å². The molecule has 2 bridgehead atoms. The molecular weight excluding hydrogens is 535 g/mol. The molecule has 4 aliphatic rings. The van der Waals surface area contributed by atoms with Gasteiger partial charge in [0, 0.05) is 42.7 Å². The Morgan fingerprint density at radius 2 is 1.88 bits per heavy atom. The van der Waals surface area contributed by atoms with Gasteiger partial charge in [-0.15, -0.1) is 13.2 Å². The van der Waals surface area contributed by atoms with Gasteiger partial charge in [0.2, 0.25) is 0 Å². The summed E-state index contributed by atoms with van der Waals surface area (Å²) in [5.41, 5.74) is 0. The molecule has 0 saturated carbocycles. The second-order valence-electron chi connectivity index (χ2n) is 10.2.